The van der Waals surface area contributed by atoms with Gasteiger partial charge in [0.15, 0.2) is 0 Å². The Bertz CT molecular complexity index is 434. The summed E-state index contributed by atoms with van der Waals surface area (Å²) in [5.74, 6) is 0.989. The van der Waals surface area contributed by atoms with Crippen molar-refractivity contribution in [3.63, 3.8) is 0 Å². The standard InChI is InChI=1S/C12H16N2OS/c1-9(8-10(2)15)14-6-5-13-12(14)11-4-3-7-16-11/h3-7,9-10,15H,8H2,1-2H3. The number of aromatic nitrogens is 2. The molecule has 86 valence electrons. The largest absolute Gasteiger partial charge is 0.393 e. The summed E-state index contributed by atoms with van der Waals surface area (Å²) < 4.78 is 2.12. The molecule has 0 bridgehead atoms. The van der Waals surface area contributed by atoms with Crippen LogP contribution < -0.4 is 0 Å². The van der Waals surface area contributed by atoms with Gasteiger partial charge in [-0.15, -0.1) is 11.3 Å². The Balaban J connectivity index is 2.26. The molecule has 0 aliphatic rings. The molecule has 2 heterocycles. The van der Waals surface area contributed by atoms with E-state index >= 15 is 0 Å². The monoisotopic (exact) mass is 236 g/mol. The van der Waals surface area contributed by atoms with Crippen molar-refractivity contribution in [3.8, 4) is 10.7 Å². The van der Waals surface area contributed by atoms with Gasteiger partial charge in [-0.05, 0) is 31.7 Å². The number of thiophene rings is 1. The maximum atomic E-state index is 9.41. The first-order valence-electron chi connectivity index (χ1n) is 5.43. The fourth-order valence-corrected chi connectivity index (χ4v) is 2.60. The summed E-state index contributed by atoms with van der Waals surface area (Å²) in [5.41, 5.74) is 0. The predicted molar refractivity (Wildman–Crippen MR) is 66.5 cm³/mol. The van der Waals surface area contributed by atoms with Gasteiger partial charge >= 0.3 is 0 Å². The van der Waals surface area contributed by atoms with Gasteiger partial charge in [0.2, 0.25) is 0 Å². The summed E-state index contributed by atoms with van der Waals surface area (Å²) in [7, 11) is 0. The SMILES string of the molecule is CC(O)CC(C)n1ccnc1-c1cccs1. The molecule has 16 heavy (non-hydrogen) atoms. The number of hydrogen-bond acceptors (Lipinski definition) is 3. The van der Waals surface area contributed by atoms with E-state index in [9.17, 15) is 5.11 Å². The molecule has 0 aliphatic carbocycles. The molecule has 0 fully saturated rings. The zero-order valence-corrected chi connectivity index (χ0v) is 10.3. The summed E-state index contributed by atoms with van der Waals surface area (Å²) in [6.07, 6.45) is 4.25. The first-order chi connectivity index (χ1) is 7.68. The van der Waals surface area contributed by atoms with Crippen LogP contribution in [0, 0.1) is 0 Å². The van der Waals surface area contributed by atoms with Crippen LogP contribution in [0.2, 0.25) is 0 Å². The van der Waals surface area contributed by atoms with Crippen LogP contribution in [0.25, 0.3) is 10.7 Å². The van der Waals surface area contributed by atoms with Crippen molar-refractivity contribution in [2.24, 2.45) is 0 Å². The molecule has 0 spiro atoms. The highest BCUT2D eigenvalue weighted by Gasteiger charge is 2.13. The minimum Gasteiger partial charge on any atom is -0.393 e. The Kier molecular flexibility index (Phi) is 3.41. The highest BCUT2D eigenvalue weighted by Crippen LogP contribution is 2.26. The molecule has 4 heteroatoms. The highest BCUT2D eigenvalue weighted by atomic mass is 32.1. The van der Waals surface area contributed by atoms with Gasteiger partial charge in [-0.1, -0.05) is 6.07 Å². The molecular weight excluding hydrogens is 220 g/mol. The molecule has 3 nitrogen and oxygen atoms in total. The molecule has 0 aliphatic heterocycles. The van der Waals surface area contributed by atoms with E-state index < -0.39 is 0 Å². The minimum absolute atomic E-state index is 0.264. The van der Waals surface area contributed by atoms with Crippen molar-refractivity contribution >= 4 is 11.3 Å². The molecular formula is C12H16N2OS. The smallest absolute Gasteiger partial charge is 0.150 e. The maximum Gasteiger partial charge on any atom is 0.150 e. The van der Waals surface area contributed by atoms with E-state index in [4.69, 9.17) is 0 Å². The van der Waals surface area contributed by atoms with Crippen LogP contribution >= 0.6 is 11.3 Å². The Morgan fingerprint density at radius 2 is 2.31 bits per heavy atom. The number of rotatable bonds is 4. The minimum atomic E-state index is -0.284. The van der Waals surface area contributed by atoms with Crippen molar-refractivity contribution in [2.75, 3.05) is 0 Å². The molecule has 0 radical (unpaired) electrons. The Hall–Kier alpha value is -1.13. The number of aliphatic hydroxyl groups is 1. The Morgan fingerprint density at radius 3 is 2.94 bits per heavy atom. The van der Waals surface area contributed by atoms with Gasteiger partial charge in [0.05, 0.1) is 11.0 Å². The molecule has 2 aromatic heterocycles. The van der Waals surface area contributed by atoms with Gasteiger partial charge < -0.3 is 9.67 Å². The summed E-state index contributed by atoms with van der Waals surface area (Å²) in [4.78, 5) is 5.55. The second kappa shape index (κ2) is 4.80. The van der Waals surface area contributed by atoms with E-state index in [2.05, 4.69) is 22.5 Å². The molecule has 0 aromatic carbocycles. The number of aliphatic hydroxyl groups excluding tert-OH is 1. The van der Waals surface area contributed by atoms with Crippen LogP contribution in [0.1, 0.15) is 26.3 Å². The third-order valence-electron chi connectivity index (χ3n) is 2.57. The van der Waals surface area contributed by atoms with Gasteiger partial charge in [-0.2, -0.15) is 0 Å². The summed E-state index contributed by atoms with van der Waals surface area (Å²) in [6, 6.07) is 4.36. The number of imidazole rings is 1. The van der Waals surface area contributed by atoms with E-state index in [1.54, 1.807) is 11.3 Å². The van der Waals surface area contributed by atoms with Crippen molar-refractivity contribution < 1.29 is 5.11 Å². The van der Waals surface area contributed by atoms with E-state index in [0.29, 0.717) is 0 Å². The lowest BCUT2D eigenvalue weighted by molar-refractivity contribution is 0.166. The average molecular weight is 236 g/mol. The van der Waals surface area contributed by atoms with Crippen LogP contribution in [0.4, 0.5) is 0 Å². The van der Waals surface area contributed by atoms with Gasteiger partial charge in [0.25, 0.3) is 0 Å². The van der Waals surface area contributed by atoms with Crippen molar-refractivity contribution in [2.45, 2.75) is 32.4 Å². The van der Waals surface area contributed by atoms with Gasteiger partial charge in [0.1, 0.15) is 5.82 Å². The maximum absolute atomic E-state index is 9.41. The molecule has 2 aromatic rings. The fraction of sp³-hybridized carbons (Fsp3) is 0.417. The van der Waals surface area contributed by atoms with Crippen LogP contribution in [-0.4, -0.2) is 20.8 Å². The predicted octanol–water partition coefficient (Wildman–Crippen LogP) is 2.94. The van der Waals surface area contributed by atoms with Gasteiger partial charge in [-0.3, -0.25) is 0 Å². The second-order valence-corrected chi connectivity index (χ2v) is 5.02. The van der Waals surface area contributed by atoms with Crippen molar-refractivity contribution in [1.82, 2.24) is 9.55 Å². The molecule has 0 saturated heterocycles. The zero-order chi connectivity index (χ0) is 11.5. The molecule has 2 unspecified atom stereocenters. The van der Waals surface area contributed by atoms with E-state index in [1.165, 1.54) is 4.88 Å². The molecule has 0 amide bonds. The Labute approximate surface area is 99.4 Å². The van der Waals surface area contributed by atoms with E-state index in [-0.39, 0.29) is 12.1 Å². The Morgan fingerprint density at radius 1 is 1.50 bits per heavy atom. The summed E-state index contributed by atoms with van der Waals surface area (Å²) >= 11 is 1.69. The molecule has 2 rings (SSSR count). The quantitative estimate of drug-likeness (QED) is 0.886. The van der Waals surface area contributed by atoms with Crippen LogP contribution in [0.15, 0.2) is 29.9 Å². The fourth-order valence-electron chi connectivity index (χ4n) is 1.87. The van der Waals surface area contributed by atoms with Crippen LogP contribution in [0.5, 0.6) is 0 Å². The normalized spacial score (nSPS) is 14.9. The lowest BCUT2D eigenvalue weighted by Gasteiger charge is -2.17. The lowest BCUT2D eigenvalue weighted by atomic mass is 10.1. The third-order valence-corrected chi connectivity index (χ3v) is 3.43. The van der Waals surface area contributed by atoms with Gasteiger partial charge in [-0.25, -0.2) is 4.98 Å². The first-order valence-corrected chi connectivity index (χ1v) is 6.31. The first kappa shape index (κ1) is 11.4. The molecule has 2 atom stereocenters. The summed E-state index contributed by atoms with van der Waals surface area (Å²) in [5, 5.41) is 11.5. The van der Waals surface area contributed by atoms with Crippen LogP contribution in [-0.2, 0) is 0 Å². The number of hydrogen-bond donors (Lipinski definition) is 1. The van der Waals surface area contributed by atoms with E-state index in [1.807, 2.05) is 30.8 Å². The highest BCUT2D eigenvalue weighted by molar-refractivity contribution is 7.13. The van der Waals surface area contributed by atoms with Crippen LogP contribution in [0.3, 0.4) is 0 Å². The van der Waals surface area contributed by atoms with Gasteiger partial charge in [0, 0.05) is 18.4 Å². The third kappa shape index (κ3) is 2.33. The molecule has 0 saturated carbocycles. The topological polar surface area (TPSA) is 38.0 Å². The van der Waals surface area contributed by atoms with Crippen molar-refractivity contribution in [1.29, 1.82) is 0 Å². The lowest BCUT2D eigenvalue weighted by Crippen LogP contribution is -2.12. The molecule has 1 N–H and O–H groups in total. The number of nitrogens with zero attached hydrogens (tertiary/aromatic N) is 2. The zero-order valence-electron chi connectivity index (χ0n) is 9.50. The second-order valence-electron chi connectivity index (χ2n) is 4.07. The summed E-state index contributed by atoms with van der Waals surface area (Å²) in [6.45, 7) is 3.92. The van der Waals surface area contributed by atoms with Crippen molar-refractivity contribution in [3.05, 3.63) is 29.9 Å². The average Bonchev–Trinajstić information content (AvgIpc) is 2.87. The van der Waals surface area contributed by atoms with E-state index in [0.717, 1.165) is 12.2 Å².